The van der Waals surface area contributed by atoms with Crippen LogP contribution in [0.2, 0.25) is 0 Å². The molecule has 2 unspecified atom stereocenters. The maximum Gasteiger partial charge on any atom is 0.326 e. The Labute approximate surface area is 165 Å². The van der Waals surface area contributed by atoms with E-state index < -0.39 is 18.1 Å². The molecule has 0 bridgehead atoms. The van der Waals surface area contributed by atoms with Gasteiger partial charge in [-0.2, -0.15) is 4.98 Å². The highest BCUT2D eigenvalue weighted by molar-refractivity contribution is 7.14. The van der Waals surface area contributed by atoms with E-state index in [1.54, 1.807) is 12.3 Å². The Kier molecular flexibility index (Phi) is 4.68. The molecule has 0 aliphatic carbocycles. The molecule has 0 spiro atoms. The van der Waals surface area contributed by atoms with Gasteiger partial charge in [-0.1, -0.05) is 6.92 Å². The van der Waals surface area contributed by atoms with Crippen molar-refractivity contribution < 1.29 is 19.8 Å². The van der Waals surface area contributed by atoms with E-state index in [2.05, 4.69) is 22.2 Å². The summed E-state index contributed by atoms with van der Waals surface area (Å²) in [6.45, 7) is 2.82. The number of carboxylic acids is 1. The Morgan fingerprint density at radius 3 is 2.96 bits per heavy atom. The fourth-order valence-electron chi connectivity index (χ4n) is 3.91. The van der Waals surface area contributed by atoms with Crippen molar-refractivity contribution in [3.8, 4) is 0 Å². The molecule has 9 nitrogen and oxygen atoms in total. The van der Waals surface area contributed by atoms with Crippen molar-refractivity contribution >= 4 is 35.0 Å². The topological polar surface area (TPSA) is 142 Å². The molecule has 0 aromatic carbocycles. The van der Waals surface area contributed by atoms with Crippen LogP contribution in [0, 0.1) is 0 Å². The van der Waals surface area contributed by atoms with Crippen molar-refractivity contribution in [2.75, 3.05) is 24.1 Å². The van der Waals surface area contributed by atoms with Crippen molar-refractivity contribution in [2.45, 2.75) is 37.3 Å². The molecule has 2 aliphatic rings. The molecule has 2 aliphatic heterocycles. The lowest BCUT2D eigenvalue weighted by Gasteiger charge is -2.20. The number of fused-ring (bicyclic) bond motifs is 1. The number of hydrogen-bond acceptors (Lipinski definition) is 8. The van der Waals surface area contributed by atoms with Gasteiger partial charge in [0, 0.05) is 42.1 Å². The highest BCUT2D eigenvalue weighted by atomic mass is 32.1. The zero-order valence-electron chi connectivity index (χ0n) is 15.2. The van der Waals surface area contributed by atoms with E-state index in [4.69, 9.17) is 5.73 Å². The van der Waals surface area contributed by atoms with Crippen LogP contribution >= 0.6 is 11.3 Å². The van der Waals surface area contributed by atoms with E-state index in [9.17, 15) is 19.8 Å². The molecule has 28 heavy (non-hydrogen) atoms. The third kappa shape index (κ3) is 3.18. The molecule has 0 radical (unpaired) electrons. The van der Waals surface area contributed by atoms with E-state index in [0.717, 1.165) is 16.3 Å². The fourth-order valence-corrected chi connectivity index (χ4v) is 4.99. The first kappa shape index (κ1) is 18.6. The Hall–Kier alpha value is -2.72. The molecule has 10 heteroatoms. The van der Waals surface area contributed by atoms with Gasteiger partial charge in [-0.05, 0) is 18.1 Å². The maximum absolute atomic E-state index is 12.8. The Balaban J connectivity index is 1.53. The third-order valence-corrected chi connectivity index (χ3v) is 6.71. The van der Waals surface area contributed by atoms with E-state index in [1.165, 1.54) is 16.2 Å². The summed E-state index contributed by atoms with van der Waals surface area (Å²) in [6.07, 6.45) is 0.988. The lowest BCUT2D eigenvalue weighted by Crippen LogP contribution is -2.40. The van der Waals surface area contributed by atoms with Crippen LogP contribution in [0.15, 0.2) is 18.3 Å². The van der Waals surface area contributed by atoms with Crippen molar-refractivity contribution in [1.82, 2.24) is 14.9 Å². The van der Waals surface area contributed by atoms with E-state index >= 15 is 0 Å². The minimum Gasteiger partial charge on any atom is -0.480 e. The summed E-state index contributed by atoms with van der Waals surface area (Å²) in [5.74, 6) is -0.210. The summed E-state index contributed by atoms with van der Waals surface area (Å²) in [7, 11) is 0. The summed E-state index contributed by atoms with van der Waals surface area (Å²) in [5, 5.41) is 22.3. The first-order chi connectivity index (χ1) is 13.3. The number of nitrogens with one attached hydrogen (secondary N) is 1. The summed E-state index contributed by atoms with van der Waals surface area (Å²) in [4.78, 5) is 35.2. The van der Waals surface area contributed by atoms with Gasteiger partial charge < -0.3 is 26.2 Å². The predicted octanol–water partition coefficient (Wildman–Crippen LogP) is 1.09. The summed E-state index contributed by atoms with van der Waals surface area (Å²) in [5.41, 5.74) is 6.64. The van der Waals surface area contributed by atoms with Crippen LogP contribution in [0.1, 0.15) is 45.3 Å². The molecule has 148 valence electrons. The van der Waals surface area contributed by atoms with Gasteiger partial charge in [0.05, 0.1) is 11.0 Å². The molecule has 4 atom stereocenters. The van der Waals surface area contributed by atoms with Crippen molar-refractivity contribution in [3.05, 3.63) is 33.6 Å². The van der Waals surface area contributed by atoms with Crippen LogP contribution in [0.25, 0.3) is 0 Å². The van der Waals surface area contributed by atoms with E-state index in [-0.39, 0.29) is 36.7 Å². The van der Waals surface area contributed by atoms with Crippen LogP contribution in [-0.4, -0.2) is 62.2 Å². The quantitative estimate of drug-likeness (QED) is 0.594. The largest absolute Gasteiger partial charge is 0.480 e. The predicted molar refractivity (Wildman–Crippen MR) is 103 cm³/mol. The maximum atomic E-state index is 12.8. The minimum atomic E-state index is -1.09. The summed E-state index contributed by atoms with van der Waals surface area (Å²) >= 11 is 1.36. The molecule has 2 aromatic rings. The van der Waals surface area contributed by atoms with Gasteiger partial charge >= 0.3 is 5.97 Å². The first-order valence-electron chi connectivity index (χ1n) is 9.03. The SMILES string of the molecule is CC(c1ccc(C(=O)N2C[C@H](O)C[C@H]2C(=O)O)s1)C1CNc2nc(N)ncc21. The number of amides is 1. The second kappa shape index (κ2) is 7.02. The fraction of sp³-hybridized carbons (Fsp3) is 0.444. The summed E-state index contributed by atoms with van der Waals surface area (Å²) < 4.78 is 0. The third-order valence-electron chi connectivity index (χ3n) is 5.44. The molecular formula is C18H21N5O4S. The number of aromatic nitrogens is 2. The number of nitrogens with zero attached hydrogens (tertiary/aromatic N) is 3. The number of carbonyl (C=O) groups excluding carboxylic acids is 1. The minimum absolute atomic E-state index is 0.0390. The van der Waals surface area contributed by atoms with Gasteiger partial charge in [-0.15, -0.1) is 11.3 Å². The molecule has 2 aromatic heterocycles. The second-order valence-corrected chi connectivity index (χ2v) is 8.33. The Morgan fingerprint density at radius 1 is 1.43 bits per heavy atom. The van der Waals surface area contributed by atoms with Crippen LogP contribution < -0.4 is 11.1 Å². The standard InChI is InChI=1S/C18H21N5O4S/c1-8(10-5-20-15-11(10)6-21-18(19)22-15)13-2-3-14(28-13)16(25)23-7-9(24)4-12(23)17(26)27/h2-3,6,8-10,12,24H,4-5,7H2,1H3,(H,26,27)(H3,19,20,21,22)/t8?,9-,10?,12+/m1/s1. The highest BCUT2D eigenvalue weighted by Gasteiger charge is 2.40. The van der Waals surface area contributed by atoms with E-state index in [0.29, 0.717) is 11.4 Å². The number of aliphatic carboxylic acids is 1. The van der Waals surface area contributed by atoms with Crippen molar-refractivity contribution in [1.29, 1.82) is 0 Å². The molecule has 0 saturated carbocycles. The van der Waals surface area contributed by atoms with Gasteiger partial charge in [0.1, 0.15) is 11.9 Å². The lowest BCUT2D eigenvalue weighted by atomic mass is 9.89. The first-order valence-corrected chi connectivity index (χ1v) is 9.84. The monoisotopic (exact) mass is 403 g/mol. The zero-order valence-corrected chi connectivity index (χ0v) is 16.0. The van der Waals surface area contributed by atoms with Crippen LogP contribution in [-0.2, 0) is 4.79 Å². The second-order valence-electron chi connectivity index (χ2n) is 7.21. The smallest absolute Gasteiger partial charge is 0.326 e. The Bertz CT molecular complexity index is 932. The van der Waals surface area contributed by atoms with Gasteiger partial charge in [0.15, 0.2) is 0 Å². The number of hydrogen-bond donors (Lipinski definition) is 4. The number of likely N-dealkylation sites (tertiary alicyclic amines) is 1. The zero-order chi connectivity index (χ0) is 20.0. The van der Waals surface area contributed by atoms with Crippen molar-refractivity contribution in [2.24, 2.45) is 0 Å². The van der Waals surface area contributed by atoms with Crippen LogP contribution in [0.4, 0.5) is 11.8 Å². The number of aliphatic hydroxyl groups is 1. The molecule has 1 fully saturated rings. The van der Waals surface area contributed by atoms with E-state index in [1.807, 2.05) is 6.07 Å². The number of carboxylic acid groups (broad SMARTS) is 1. The van der Waals surface area contributed by atoms with Gasteiger partial charge in [-0.25, -0.2) is 9.78 Å². The average Bonchev–Trinajstić information content (AvgIpc) is 3.37. The number of carbonyl (C=O) groups is 2. The van der Waals surface area contributed by atoms with Crippen LogP contribution in [0.5, 0.6) is 0 Å². The number of aliphatic hydroxyl groups excluding tert-OH is 1. The number of rotatable bonds is 4. The molecule has 1 saturated heterocycles. The van der Waals surface area contributed by atoms with Gasteiger partial charge in [0.2, 0.25) is 5.95 Å². The molecule has 1 amide bonds. The highest BCUT2D eigenvalue weighted by Crippen LogP contribution is 2.42. The molecule has 5 N–H and O–H groups in total. The Morgan fingerprint density at radius 2 is 2.21 bits per heavy atom. The number of thiophene rings is 1. The number of nitrogen functional groups attached to an aromatic ring is 1. The summed E-state index contributed by atoms with van der Waals surface area (Å²) in [6, 6.07) is 2.64. The molecular weight excluding hydrogens is 382 g/mol. The number of β-amino-alcohol motifs (C(OH)–C–C–N with tert-alkyl or cyclic N) is 1. The lowest BCUT2D eigenvalue weighted by molar-refractivity contribution is -0.141. The van der Waals surface area contributed by atoms with Gasteiger partial charge in [0.25, 0.3) is 5.91 Å². The van der Waals surface area contributed by atoms with Gasteiger partial charge in [-0.3, -0.25) is 4.79 Å². The normalized spacial score (nSPS) is 24.6. The molecule has 4 heterocycles. The molecule has 4 rings (SSSR count). The van der Waals surface area contributed by atoms with Crippen molar-refractivity contribution in [3.63, 3.8) is 0 Å². The number of anilines is 2. The average molecular weight is 403 g/mol. The number of nitrogens with two attached hydrogens (primary N) is 1. The van der Waals surface area contributed by atoms with Crippen LogP contribution in [0.3, 0.4) is 0 Å².